The van der Waals surface area contributed by atoms with Crippen LogP contribution in [0.1, 0.15) is 12.5 Å². The Morgan fingerprint density at radius 2 is 1.84 bits per heavy atom. The van der Waals surface area contributed by atoms with Crippen LogP contribution in [0.25, 0.3) is 0 Å². The van der Waals surface area contributed by atoms with Gasteiger partial charge in [-0.15, -0.1) is 0 Å². The van der Waals surface area contributed by atoms with Gasteiger partial charge in [-0.3, -0.25) is 0 Å². The molecule has 0 aromatic heterocycles. The Hall–Kier alpha value is -1.10. The molecule has 0 heterocycles. The van der Waals surface area contributed by atoms with Crippen LogP contribution in [0.15, 0.2) is 24.3 Å². The summed E-state index contributed by atoms with van der Waals surface area (Å²) in [6, 6.07) is 8.89. The van der Waals surface area contributed by atoms with Crippen molar-refractivity contribution in [3.05, 3.63) is 29.8 Å². The van der Waals surface area contributed by atoms with E-state index in [1.807, 2.05) is 0 Å². The first-order valence-electron chi connectivity index (χ1n) is 6.76. The van der Waals surface area contributed by atoms with Crippen molar-refractivity contribution in [2.24, 2.45) is 5.73 Å². The largest absolute Gasteiger partial charge is 0.383 e. The van der Waals surface area contributed by atoms with Gasteiger partial charge in [-0.25, -0.2) is 0 Å². The maximum Gasteiger partial charge on any atom is 0.0663 e. The van der Waals surface area contributed by atoms with Crippen LogP contribution in [-0.4, -0.2) is 46.6 Å². The summed E-state index contributed by atoms with van der Waals surface area (Å²) in [6.07, 6.45) is 0.923. The van der Waals surface area contributed by atoms with Crippen molar-refractivity contribution >= 4 is 5.69 Å². The normalized spacial score (nSPS) is 12.4. The minimum absolute atomic E-state index is 0.320. The summed E-state index contributed by atoms with van der Waals surface area (Å²) >= 11 is 0. The molecule has 0 saturated heterocycles. The van der Waals surface area contributed by atoms with E-state index in [4.69, 9.17) is 15.2 Å². The van der Waals surface area contributed by atoms with Crippen molar-refractivity contribution < 1.29 is 9.47 Å². The van der Waals surface area contributed by atoms with Crippen LogP contribution in [0.4, 0.5) is 5.69 Å². The highest BCUT2D eigenvalue weighted by molar-refractivity contribution is 5.48. The fourth-order valence-electron chi connectivity index (χ4n) is 2.15. The van der Waals surface area contributed by atoms with Gasteiger partial charge >= 0.3 is 0 Å². The molecule has 1 unspecified atom stereocenters. The lowest BCUT2D eigenvalue weighted by atomic mass is 10.1. The second-order valence-corrected chi connectivity index (χ2v) is 4.70. The molecule has 0 bridgehead atoms. The smallest absolute Gasteiger partial charge is 0.0663 e. The summed E-state index contributed by atoms with van der Waals surface area (Å²) in [5, 5.41) is 0. The molecule has 0 aliphatic carbocycles. The average Bonchev–Trinajstić information content (AvgIpc) is 2.41. The molecule has 0 fully saturated rings. The molecule has 1 rings (SSSR count). The topological polar surface area (TPSA) is 47.7 Å². The molecule has 0 amide bonds. The molecule has 4 nitrogen and oxygen atoms in total. The van der Waals surface area contributed by atoms with Gasteiger partial charge in [0.2, 0.25) is 0 Å². The van der Waals surface area contributed by atoms with E-state index in [-0.39, 0.29) is 0 Å². The summed E-state index contributed by atoms with van der Waals surface area (Å²) in [5.41, 5.74) is 8.04. The van der Waals surface area contributed by atoms with E-state index in [1.165, 1.54) is 11.3 Å². The van der Waals surface area contributed by atoms with E-state index in [2.05, 4.69) is 36.1 Å². The molecule has 0 aliphatic rings. The van der Waals surface area contributed by atoms with Crippen LogP contribution in [0.2, 0.25) is 0 Å². The number of benzene rings is 1. The van der Waals surface area contributed by atoms with E-state index in [0.29, 0.717) is 25.8 Å². The van der Waals surface area contributed by atoms with Crippen LogP contribution in [0.5, 0.6) is 0 Å². The van der Waals surface area contributed by atoms with Gasteiger partial charge in [0.25, 0.3) is 0 Å². The number of rotatable bonds is 9. The highest BCUT2D eigenvalue weighted by atomic mass is 16.5. The second kappa shape index (κ2) is 8.91. The number of hydrogen-bond acceptors (Lipinski definition) is 4. The lowest BCUT2D eigenvalue weighted by Crippen LogP contribution is -2.38. The average molecular weight is 266 g/mol. The minimum Gasteiger partial charge on any atom is -0.383 e. The number of nitrogens with zero attached hydrogens (tertiary/aromatic N) is 1. The van der Waals surface area contributed by atoms with Crippen molar-refractivity contribution in [2.75, 3.05) is 45.4 Å². The van der Waals surface area contributed by atoms with Crippen molar-refractivity contribution in [2.45, 2.75) is 19.4 Å². The van der Waals surface area contributed by atoms with Gasteiger partial charge < -0.3 is 20.1 Å². The summed E-state index contributed by atoms with van der Waals surface area (Å²) in [4.78, 5) is 2.30. The third-order valence-corrected chi connectivity index (χ3v) is 3.18. The molecular weight excluding hydrogens is 240 g/mol. The van der Waals surface area contributed by atoms with Gasteiger partial charge in [-0.05, 0) is 37.6 Å². The van der Waals surface area contributed by atoms with E-state index in [0.717, 1.165) is 13.0 Å². The summed E-state index contributed by atoms with van der Waals surface area (Å²) in [7, 11) is 3.46. The first-order valence-corrected chi connectivity index (χ1v) is 6.76. The quantitative estimate of drug-likeness (QED) is 0.738. The Bertz CT molecular complexity index is 341. The lowest BCUT2D eigenvalue weighted by molar-refractivity contribution is 0.171. The summed E-state index contributed by atoms with van der Waals surface area (Å²) < 4.78 is 10.4. The number of nitrogens with two attached hydrogens (primary N) is 1. The van der Waals surface area contributed by atoms with Gasteiger partial charge in [0.05, 0.1) is 13.2 Å². The van der Waals surface area contributed by atoms with Crippen LogP contribution < -0.4 is 10.6 Å². The fourth-order valence-corrected chi connectivity index (χ4v) is 2.15. The maximum atomic E-state index is 5.57. The van der Waals surface area contributed by atoms with Crippen LogP contribution in [-0.2, 0) is 15.9 Å². The second-order valence-electron chi connectivity index (χ2n) is 4.70. The highest BCUT2D eigenvalue weighted by Gasteiger charge is 2.14. The van der Waals surface area contributed by atoms with Crippen molar-refractivity contribution in [1.29, 1.82) is 0 Å². The predicted octanol–water partition coefficient (Wildman–Crippen LogP) is 1.68. The predicted molar refractivity (Wildman–Crippen MR) is 79.8 cm³/mol. The minimum atomic E-state index is 0.320. The summed E-state index contributed by atoms with van der Waals surface area (Å²) in [6.45, 7) is 5.11. The fraction of sp³-hybridized carbons (Fsp3) is 0.600. The van der Waals surface area contributed by atoms with Crippen molar-refractivity contribution in [1.82, 2.24) is 0 Å². The standard InChI is InChI=1S/C15H26N2O2/c1-13(12-19-3)17(10-11-18-2)15-6-4-14(5-7-15)8-9-16/h4-7,13H,8-12,16H2,1-3H3. The van der Waals surface area contributed by atoms with E-state index < -0.39 is 0 Å². The van der Waals surface area contributed by atoms with Crippen molar-refractivity contribution in [3.63, 3.8) is 0 Å². The van der Waals surface area contributed by atoms with Crippen LogP contribution in [0.3, 0.4) is 0 Å². The molecule has 1 atom stereocenters. The number of ether oxygens (including phenoxy) is 2. The Kier molecular flexibility index (Phi) is 7.48. The van der Waals surface area contributed by atoms with Gasteiger partial charge in [0.15, 0.2) is 0 Å². The van der Waals surface area contributed by atoms with E-state index in [1.54, 1.807) is 14.2 Å². The first kappa shape index (κ1) is 16.0. The molecule has 1 aromatic rings. The zero-order valence-electron chi connectivity index (χ0n) is 12.3. The number of methoxy groups -OCH3 is 2. The van der Waals surface area contributed by atoms with Crippen molar-refractivity contribution in [3.8, 4) is 0 Å². The van der Waals surface area contributed by atoms with E-state index >= 15 is 0 Å². The Morgan fingerprint density at radius 3 is 2.37 bits per heavy atom. The molecule has 0 saturated carbocycles. The van der Waals surface area contributed by atoms with Gasteiger partial charge in [0.1, 0.15) is 0 Å². The van der Waals surface area contributed by atoms with E-state index in [9.17, 15) is 0 Å². The zero-order valence-corrected chi connectivity index (χ0v) is 12.3. The molecule has 4 heteroatoms. The Morgan fingerprint density at radius 1 is 1.16 bits per heavy atom. The molecule has 0 radical (unpaired) electrons. The molecule has 0 spiro atoms. The third-order valence-electron chi connectivity index (χ3n) is 3.18. The molecule has 1 aromatic carbocycles. The molecular formula is C15H26N2O2. The summed E-state index contributed by atoms with van der Waals surface area (Å²) in [5.74, 6) is 0. The van der Waals surface area contributed by atoms with Crippen LogP contribution >= 0.6 is 0 Å². The zero-order chi connectivity index (χ0) is 14.1. The molecule has 108 valence electrons. The highest BCUT2D eigenvalue weighted by Crippen LogP contribution is 2.18. The number of hydrogen-bond donors (Lipinski definition) is 1. The SMILES string of the molecule is COCCN(c1ccc(CCN)cc1)C(C)COC. The van der Waals surface area contributed by atoms with Crippen LogP contribution in [0, 0.1) is 0 Å². The molecule has 19 heavy (non-hydrogen) atoms. The lowest BCUT2D eigenvalue weighted by Gasteiger charge is -2.31. The van der Waals surface area contributed by atoms with Gasteiger partial charge in [-0.2, -0.15) is 0 Å². The number of anilines is 1. The Balaban J connectivity index is 2.77. The molecule has 0 aliphatic heterocycles. The third kappa shape index (κ3) is 5.19. The van der Waals surface area contributed by atoms with Gasteiger partial charge in [-0.1, -0.05) is 12.1 Å². The molecule has 2 N–H and O–H groups in total. The monoisotopic (exact) mass is 266 g/mol. The van der Waals surface area contributed by atoms with Gasteiger partial charge in [0, 0.05) is 32.5 Å². The first-order chi connectivity index (χ1) is 9.22. The Labute approximate surface area is 116 Å². The maximum absolute atomic E-state index is 5.57.